The van der Waals surface area contributed by atoms with E-state index in [9.17, 15) is 14.4 Å². The first-order valence-corrected chi connectivity index (χ1v) is 7.59. The number of carbonyl (C=O) groups excluding carboxylic acids is 1. The Hall–Kier alpha value is -2.93. The molecule has 0 heterocycles. The molecule has 0 radical (unpaired) electrons. The molecular weight excluding hydrogens is 303 g/mol. The molecule has 0 aliphatic heterocycles. The summed E-state index contributed by atoms with van der Waals surface area (Å²) in [5, 5.41) is 11.6. The van der Waals surface area contributed by atoms with Gasteiger partial charge in [-0.2, -0.15) is 5.26 Å². The first-order chi connectivity index (χ1) is 11.3. The fourth-order valence-electron chi connectivity index (χ4n) is 2.15. The van der Waals surface area contributed by atoms with Gasteiger partial charge in [0.15, 0.2) is 0 Å². The second kappa shape index (κ2) is 7.10. The maximum Gasteiger partial charge on any atom is 0.266 e. The van der Waals surface area contributed by atoms with Gasteiger partial charge in [-0.3, -0.25) is 4.79 Å². The topological polar surface area (TPSA) is 52.9 Å². The van der Waals surface area contributed by atoms with Gasteiger partial charge in [-0.15, -0.1) is 0 Å². The van der Waals surface area contributed by atoms with Gasteiger partial charge in [0, 0.05) is 0 Å². The highest BCUT2D eigenvalue weighted by atomic mass is 19.1. The Morgan fingerprint density at radius 1 is 1.12 bits per heavy atom. The standard InChI is InChI=1S/C20H19FN2O/c1-20(2,3)16-10-8-14(9-11-16)12-15(13-22)19(24)23-18-7-5-4-6-17(18)21/h4-12H,1-3H3,(H,23,24)/b15-12+. The summed E-state index contributed by atoms with van der Waals surface area (Å²) in [6.45, 7) is 6.33. The van der Waals surface area contributed by atoms with Crippen molar-refractivity contribution in [1.29, 1.82) is 5.26 Å². The fourth-order valence-corrected chi connectivity index (χ4v) is 2.15. The molecule has 24 heavy (non-hydrogen) atoms. The maximum absolute atomic E-state index is 13.6. The number of nitriles is 1. The van der Waals surface area contributed by atoms with Crippen molar-refractivity contribution in [2.45, 2.75) is 26.2 Å². The van der Waals surface area contributed by atoms with Crippen LogP contribution in [0.15, 0.2) is 54.1 Å². The average Bonchev–Trinajstić information content (AvgIpc) is 2.54. The number of carbonyl (C=O) groups is 1. The number of nitrogens with one attached hydrogen (secondary N) is 1. The van der Waals surface area contributed by atoms with Gasteiger partial charge >= 0.3 is 0 Å². The molecule has 2 aromatic carbocycles. The molecule has 0 atom stereocenters. The SMILES string of the molecule is CC(C)(C)c1ccc(/C=C(\C#N)C(=O)Nc2ccccc2F)cc1. The van der Waals surface area contributed by atoms with E-state index in [1.807, 2.05) is 30.3 Å². The third-order valence-electron chi connectivity index (χ3n) is 3.57. The molecule has 0 aromatic heterocycles. The Kier molecular flexibility index (Phi) is 5.15. The lowest BCUT2D eigenvalue weighted by molar-refractivity contribution is -0.112. The summed E-state index contributed by atoms with van der Waals surface area (Å²) in [4.78, 5) is 12.2. The van der Waals surface area contributed by atoms with E-state index in [4.69, 9.17) is 0 Å². The summed E-state index contributed by atoms with van der Waals surface area (Å²) >= 11 is 0. The van der Waals surface area contributed by atoms with Crippen LogP contribution in [0.25, 0.3) is 6.08 Å². The quantitative estimate of drug-likeness (QED) is 0.659. The minimum absolute atomic E-state index is 0.0303. The Labute approximate surface area is 141 Å². The molecule has 4 heteroatoms. The second-order valence-electron chi connectivity index (χ2n) is 6.48. The van der Waals surface area contributed by atoms with Gasteiger partial charge in [-0.05, 0) is 34.8 Å². The molecule has 0 unspecified atom stereocenters. The van der Waals surface area contributed by atoms with E-state index in [-0.39, 0.29) is 16.7 Å². The summed E-state index contributed by atoms with van der Waals surface area (Å²) < 4.78 is 13.6. The number of rotatable bonds is 3. The zero-order valence-electron chi connectivity index (χ0n) is 13.9. The normalized spacial score (nSPS) is 11.7. The summed E-state index contributed by atoms with van der Waals surface area (Å²) in [6.07, 6.45) is 1.49. The Bertz CT molecular complexity index is 809. The van der Waals surface area contributed by atoms with Gasteiger partial charge < -0.3 is 5.32 Å². The van der Waals surface area contributed by atoms with Crippen LogP contribution < -0.4 is 5.32 Å². The van der Waals surface area contributed by atoms with E-state index in [0.29, 0.717) is 0 Å². The average molecular weight is 322 g/mol. The van der Waals surface area contributed by atoms with E-state index in [2.05, 4.69) is 26.1 Å². The molecule has 2 rings (SSSR count). The zero-order chi connectivity index (χ0) is 17.7. The maximum atomic E-state index is 13.6. The highest BCUT2D eigenvalue weighted by Crippen LogP contribution is 2.23. The van der Waals surface area contributed by atoms with E-state index in [0.717, 1.165) is 11.1 Å². The van der Waals surface area contributed by atoms with Crippen molar-refractivity contribution in [2.24, 2.45) is 0 Å². The third-order valence-corrected chi connectivity index (χ3v) is 3.57. The molecule has 0 fully saturated rings. The molecule has 2 aromatic rings. The van der Waals surface area contributed by atoms with Crippen LogP contribution in [0.3, 0.4) is 0 Å². The first-order valence-electron chi connectivity index (χ1n) is 7.59. The first kappa shape index (κ1) is 17.4. The lowest BCUT2D eigenvalue weighted by Crippen LogP contribution is -2.14. The lowest BCUT2D eigenvalue weighted by Gasteiger charge is -2.18. The number of hydrogen-bond acceptors (Lipinski definition) is 2. The van der Waals surface area contributed by atoms with Crippen LogP contribution in [-0.2, 0) is 10.2 Å². The number of hydrogen-bond donors (Lipinski definition) is 1. The highest BCUT2D eigenvalue weighted by molar-refractivity contribution is 6.09. The van der Waals surface area contributed by atoms with Crippen molar-refractivity contribution < 1.29 is 9.18 Å². The van der Waals surface area contributed by atoms with E-state index in [1.54, 1.807) is 6.07 Å². The van der Waals surface area contributed by atoms with E-state index < -0.39 is 11.7 Å². The Balaban J connectivity index is 2.21. The highest BCUT2D eigenvalue weighted by Gasteiger charge is 2.14. The smallest absolute Gasteiger partial charge is 0.266 e. The van der Waals surface area contributed by atoms with Crippen molar-refractivity contribution in [2.75, 3.05) is 5.32 Å². The van der Waals surface area contributed by atoms with Crippen molar-refractivity contribution in [3.05, 3.63) is 71.0 Å². The predicted octanol–water partition coefficient (Wildman–Crippen LogP) is 4.67. The van der Waals surface area contributed by atoms with Crippen molar-refractivity contribution >= 4 is 17.7 Å². The summed E-state index contributed by atoms with van der Waals surface area (Å²) in [5.74, 6) is -1.18. The number of benzene rings is 2. The van der Waals surface area contributed by atoms with Crippen molar-refractivity contribution in [1.82, 2.24) is 0 Å². The van der Waals surface area contributed by atoms with Crippen LogP contribution >= 0.6 is 0 Å². The van der Waals surface area contributed by atoms with Gasteiger partial charge in [0.1, 0.15) is 17.5 Å². The number of anilines is 1. The van der Waals surface area contributed by atoms with Gasteiger partial charge in [0.2, 0.25) is 0 Å². The lowest BCUT2D eigenvalue weighted by atomic mass is 9.86. The molecule has 0 saturated carbocycles. The number of amides is 1. The van der Waals surface area contributed by atoms with Gasteiger partial charge in [0.05, 0.1) is 5.69 Å². The van der Waals surface area contributed by atoms with Gasteiger partial charge in [-0.25, -0.2) is 4.39 Å². The molecular formula is C20H19FN2O. The molecule has 1 amide bonds. The van der Waals surface area contributed by atoms with Crippen LogP contribution in [0.4, 0.5) is 10.1 Å². The van der Waals surface area contributed by atoms with Crippen LogP contribution in [-0.4, -0.2) is 5.91 Å². The monoisotopic (exact) mass is 322 g/mol. The van der Waals surface area contributed by atoms with E-state index >= 15 is 0 Å². The van der Waals surface area contributed by atoms with Crippen molar-refractivity contribution in [3.8, 4) is 6.07 Å². The van der Waals surface area contributed by atoms with E-state index in [1.165, 1.54) is 24.3 Å². The second-order valence-corrected chi connectivity index (χ2v) is 6.48. The molecule has 0 spiro atoms. The number of nitrogens with zero attached hydrogens (tertiary/aromatic N) is 1. The van der Waals surface area contributed by atoms with Crippen LogP contribution in [0.1, 0.15) is 31.9 Å². The minimum atomic E-state index is -0.637. The predicted molar refractivity (Wildman–Crippen MR) is 93.8 cm³/mol. The molecule has 0 aliphatic rings. The molecule has 122 valence electrons. The summed E-state index contributed by atoms with van der Waals surface area (Å²) in [5.41, 5.74) is 1.90. The summed E-state index contributed by atoms with van der Waals surface area (Å²) in [6, 6.07) is 15.3. The molecule has 1 N–H and O–H groups in total. The summed E-state index contributed by atoms with van der Waals surface area (Å²) in [7, 11) is 0. The van der Waals surface area contributed by atoms with Gasteiger partial charge in [-0.1, -0.05) is 57.2 Å². The number of para-hydroxylation sites is 1. The third kappa shape index (κ3) is 4.30. The molecule has 0 saturated heterocycles. The zero-order valence-corrected chi connectivity index (χ0v) is 13.9. The molecule has 3 nitrogen and oxygen atoms in total. The molecule has 0 aliphatic carbocycles. The van der Waals surface area contributed by atoms with Crippen LogP contribution in [0, 0.1) is 17.1 Å². The van der Waals surface area contributed by atoms with Crippen LogP contribution in [0.5, 0.6) is 0 Å². The number of halogens is 1. The van der Waals surface area contributed by atoms with Gasteiger partial charge in [0.25, 0.3) is 5.91 Å². The van der Waals surface area contributed by atoms with Crippen LogP contribution in [0.2, 0.25) is 0 Å². The Morgan fingerprint density at radius 3 is 2.29 bits per heavy atom. The molecule has 0 bridgehead atoms. The fraction of sp³-hybridized carbons (Fsp3) is 0.200. The minimum Gasteiger partial charge on any atom is -0.319 e. The Morgan fingerprint density at radius 2 is 1.75 bits per heavy atom. The van der Waals surface area contributed by atoms with Crippen molar-refractivity contribution in [3.63, 3.8) is 0 Å². The largest absolute Gasteiger partial charge is 0.319 e.